The molecule has 3 rings (SSSR count). The van der Waals surface area contributed by atoms with E-state index in [9.17, 15) is 4.79 Å². The summed E-state index contributed by atoms with van der Waals surface area (Å²) >= 11 is 0. The summed E-state index contributed by atoms with van der Waals surface area (Å²) in [6.07, 6.45) is 0. The van der Waals surface area contributed by atoms with E-state index in [1.54, 1.807) is 0 Å². The van der Waals surface area contributed by atoms with E-state index in [1.807, 2.05) is 42.2 Å². The van der Waals surface area contributed by atoms with E-state index in [4.69, 9.17) is 0 Å². The minimum absolute atomic E-state index is 0. The van der Waals surface area contributed by atoms with Crippen molar-refractivity contribution in [2.24, 2.45) is 0 Å². The Bertz CT molecular complexity index is 627. The average Bonchev–Trinajstić information content (AvgIpc) is 2.46. The highest BCUT2D eigenvalue weighted by Gasteiger charge is 2.20. The number of nitrogens with one attached hydrogen (secondary N) is 1. The SMILES string of the molecule is Cc1cc(C(=O)N2CCNCC2)c2ccccc2n1.Cl.Cl. The molecule has 1 aliphatic rings. The number of nitrogens with zero attached hydrogens (tertiary/aromatic N) is 2. The maximum Gasteiger partial charge on any atom is 0.254 e. The zero-order valence-electron chi connectivity index (χ0n) is 11.8. The van der Waals surface area contributed by atoms with Crippen LogP contribution < -0.4 is 5.32 Å². The summed E-state index contributed by atoms with van der Waals surface area (Å²) in [4.78, 5) is 19.0. The molecule has 1 aromatic carbocycles. The third-order valence-corrected chi connectivity index (χ3v) is 3.48. The lowest BCUT2D eigenvalue weighted by molar-refractivity contribution is 0.0737. The lowest BCUT2D eigenvalue weighted by Gasteiger charge is -2.27. The molecule has 114 valence electrons. The van der Waals surface area contributed by atoms with Crippen LogP contribution in [0.4, 0.5) is 0 Å². The highest BCUT2D eigenvalue weighted by Crippen LogP contribution is 2.20. The molecule has 1 aromatic heterocycles. The van der Waals surface area contributed by atoms with E-state index in [2.05, 4.69) is 10.3 Å². The van der Waals surface area contributed by atoms with Crippen LogP contribution in [0.2, 0.25) is 0 Å². The molecule has 21 heavy (non-hydrogen) atoms. The second kappa shape index (κ2) is 7.59. The maximum absolute atomic E-state index is 12.6. The molecule has 0 aliphatic carbocycles. The molecule has 2 aromatic rings. The van der Waals surface area contributed by atoms with Gasteiger partial charge in [0.05, 0.1) is 11.1 Å². The second-order valence-electron chi connectivity index (χ2n) is 4.87. The standard InChI is InChI=1S/C15H17N3O.2ClH/c1-11-10-13(12-4-2-3-5-14(12)17-11)15(19)18-8-6-16-7-9-18;;/h2-5,10,16H,6-9H2,1H3;2*1H. The average molecular weight is 328 g/mol. The molecule has 1 amide bonds. The van der Waals surface area contributed by atoms with Crippen LogP contribution in [0.1, 0.15) is 16.1 Å². The second-order valence-corrected chi connectivity index (χ2v) is 4.87. The lowest BCUT2D eigenvalue weighted by atomic mass is 10.1. The number of hydrogen-bond donors (Lipinski definition) is 1. The third-order valence-electron chi connectivity index (χ3n) is 3.48. The summed E-state index contributed by atoms with van der Waals surface area (Å²) in [7, 11) is 0. The molecule has 4 nitrogen and oxygen atoms in total. The Kier molecular flexibility index (Phi) is 6.40. The van der Waals surface area contributed by atoms with Crippen molar-refractivity contribution in [3.63, 3.8) is 0 Å². The van der Waals surface area contributed by atoms with E-state index in [-0.39, 0.29) is 30.7 Å². The van der Waals surface area contributed by atoms with E-state index < -0.39 is 0 Å². The minimum atomic E-state index is 0. The number of aryl methyl sites for hydroxylation is 1. The number of aromatic nitrogens is 1. The van der Waals surface area contributed by atoms with Gasteiger partial charge < -0.3 is 10.2 Å². The topological polar surface area (TPSA) is 45.2 Å². The Morgan fingerprint density at radius 3 is 2.57 bits per heavy atom. The first kappa shape index (κ1) is 17.7. The van der Waals surface area contributed by atoms with Crippen LogP contribution in [0.15, 0.2) is 30.3 Å². The Labute approximate surface area is 136 Å². The van der Waals surface area contributed by atoms with Crippen LogP contribution in [0, 0.1) is 6.92 Å². The Morgan fingerprint density at radius 2 is 1.86 bits per heavy atom. The van der Waals surface area contributed by atoms with Gasteiger partial charge in [-0.3, -0.25) is 9.78 Å². The largest absolute Gasteiger partial charge is 0.336 e. The van der Waals surface area contributed by atoms with Crippen LogP contribution in [-0.2, 0) is 0 Å². The van der Waals surface area contributed by atoms with Crippen LogP contribution in [0.25, 0.3) is 10.9 Å². The summed E-state index contributed by atoms with van der Waals surface area (Å²) in [6.45, 7) is 5.21. The van der Waals surface area contributed by atoms with Gasteiger partial charge in [0, 0.05) is 37.3 Å². The number of piperazine rings is 1. The first-order valence-corrected chi connectivity index (χ1v) is 6.62. The van der Waals surface area contributed by atoms with Gasteiger partial charge in [-0.2, -0.15) is 0 Å². The molecule has 0 unspecified atom stereocenters. The number of fused-ring (bicyclic) bond motifs is 1. The van der Waals surface area contributed by atoms with E-state index >= 15 is 0 Å². The fourth-order valence-electron chi connectivity index (χ4n) is 2.52. The van der Waals surface area contributed by atoms with Gasteiger partial charge in [0.15, 0.2) is 0 Å². The van der Waals surface area contributed by atoms with Gasteiger partial charge in [-0.05, 0) is 19.1 Å². The van der Waals surface area contributed by atoms with Gasteiger partial charge in [-0.1, -0.05) is 18.2 Å². The molecular weight excluding hydrogens is 309 g/mol. The Hall–Kier alpha value is -1.36. The number of rotatable bonds is 1. The molecule has 1 aliphatic heterocycles. The number of carbonyl (C=O) groups excluding carboxylic acids is 1. The summed E-state index contributed by atoms with van der Waals surface area (Å²) < 4.78 is 0. The first-order valence-electron chi connectivity index (χ1n) is 6.62. The van der Waals surface area contributed by atoms with Gasteiger partial charge >= 0.3 is 0 Å². The lowest BCUT2D eigenvalue weighted by Crippen LogP contribution is -2.46. The molecule has 2 heterocycles. The summed E-state index contributed by atoms with van der Waals surface area (Å²) in [6, 6.07) is 9.72. The monoisotopic (exact) mass is 327 g/mol. The van der Waals surface area contributed by atoms with Crippen molar-refractivity contribution < 1.29 is 4.79 Å². The van der Waals surface area contributed by atoms with Gasteiger partial charge in [-0.25, -0.2) is 0 Å². The predicted octanol–water partition coefficient (Wildman–Crippen LogP) is 2.43. The quantitative estimate of drug-likeness (QED) is 0.875. The van der Waals surface area contributed by atoms with E-state index in [0.717, 1.165) is 48.3 Å². The molecule has 0 bridgehead atoms. The van der Waals surface area contributed by atoms with Crippen molar-refractivity contribution in [2.75, 3.05) is 26.2 Å². The Morgan fingerprint density at radius 1 is 1.19 bits per heavy atom. The molecule has 1 saturated heterocycles. The number of carbonyl (C=O) groups is 1. The zero-order chi connectivity index (χ0) is 13.2. The number of halogens is 2. The fraction of sp³-hybridized carbons (Fsp3) is 0.333. The maximum atomic E-state index is 12.6. The number of hydrogen-bond acceptors (Lipinski definition) is 3. The zero-order valence-corrected chi connectivity index (χ0v) is 13.5. The smallest absolute Gasteiger partial charge is 0.254 e. The van der Waals surface area contributed by atoms with Crippen molar-refractivity contribution >= 4 is 41.6 Å². The number of para-hydroxylation sites is 1. The highest BCUT2D eigenvalue weighted by molar-refractivity contribution is 6.06. The summed E-state index contributed by atoms with van der Waals surface area (Å²) in [5.41, 5.74) is 2.54. The van der Waals surface area contributed by atoms with Gasteiger partial charge in [-0.15, -0.1) is 24.8 Å². The van der Waals surface area contributed by atoms with Crippen LogP contribution in [0.3, 0.4) is 0 Å². The van der Waals surface area contributed by atoms with Crippen LogP contribution in [0.5, 0.6) is 0 Å². The molecule has 1 fully saturated rings. The number of benzene rings is 1. The first-order chi connectivity index (χ1) is 9.25. The molecule has 0 saturated carbocycles. The van der Waals surface area contributed by atoms with Crippen molar-refractivity contribution in [1.29, 1.82) is 0 Å². The Balaban J connectivity index is 0.00000110. The van der Waals surface area contributed by atoms with Crippen molar-refractivity contribution in [3.8, 4) is 0 Å². The van der Waals surface area contributed by atoms with E-state index in [1.165, 1.54) is 0 Å². The van der Waals surface area contributed by atoms with E-state index in [0.29, 0.717) is 0 Å². The van der Waals surface area contributed by atoms with Gasteiger partial charge in [0.25, 0.3) is 5.91 Å². The van der Waals surface area contributed by atoms with Crippen molar-refractivity contribution in [3.05, 3.63) is 41.6 Å². The summed E-state index contributed by atoms with van der Waals surface area (Å²) in [5, 5.41) is 4.20. The third kappa shape index (κ3) is 3.64. The molecule has 0 radical (unpaired) electrons. The predicted molar refractivity (Wildman–Crippen MR) is 89.7 cm³/mol. The molecular formula is C15H19Cl2N3O. The molecule has 6 heteroatoms. The van der Waals surface area contributed by atoms with Crippen LogP contribution in [-0.4, -0.2) is 42.0 Å². The van der Waals surface area contributed by atoms with Gasteiger partial charge in [0.1, 0.15) is 0 Å². The number of pyridine rings is 1. The van der Waals surface area contributed by atoms with Crippen molar-refractivity contribution in [1.82, 2.24) is 15.2 Å². The molecule has 0 atom stereocenters. The van der Waals surface area contributed by atoms with Crippen LogP contribution >= 0.6 is 24.8 Å². The van der Waals surface area contributed by atoms with Crippen molar-refractivity contribution in [2.45, 2.75) is 6.92 Å². The molecule has 1 N–H and O–H groups in total. The minimum Gasteiger partial charge on any atom is -0.336 e. The highest BCUT2D eigenvalue weighted by atomic mass is 35.5. The molecule has 0 spiro atoms. The number of amides is 1. The van der Waals surface area contributed by atoms with Gasteiger partial charge in [0.2, 0.25) is 0 Å². The fourth-order valence-corrected chi connectivity index (χ4v) is 2.52. The summed E-state index contributed by atoms with van der Waals surface area (Å²) in [5.74, 6) is 0.114. The normalized spacial score (nSPS) is 14.2.